The quantitative estimate of drug-likeness (QED) is 0.697. The highest BCUT2D eigenvalue weighted by molar-refractivity contribution is 5.92. The number of para-hydroxylation sites is 1. The van der Waals surface area contributed by atoms with E-state index < -0.39 is 5.97 Å². The number of hydrogen-bond donors (Lipinski definition) is 3. The second-order valence-corrected chi connectivity index (χ2v) is 4.49. The molecule has 4 N–H and O–H groups in total. The molecule has 0 fully saturated rings. The lowest BCUT2D eigenvalue weighted by molar-refractivity contribution is -0.136. The Balaban J connectivity index is 2.70. The van der Waals surface area contributed by atoms with Crippen molar-refractivity contribution in [1.82, 2.24) is 0 Å². The molecule has 0 aliphatic carbocycles. The Morgan fingerprint density at radius 1 is 1.37 bits per heavy atom. The average molecular weight is 264 g/mol. The van der Waals surface area contributed by atoms with Crippen LogP contribution in [0.5, 0.6) is 0 Å². The van der Waals surface area contributed by atoms with Gasteiger partial charge in [0.2, 0.25) is 5.91 Å². The third kappa shape index (κ3) is 5.09. The number of carboxylic acid groups (broad SMARTS) is 1. The average Bonchev–Trinajstić information content (AvgIpc) is 2.37. The maximum atomic E-state index is 11.9. The first kappa shape index (κ1) is 15.2. The minimum atomic E-state index is -0.921. The molecular weight excluding hydrogens is 244 g/mol. The first-order chi connectivity index (χ1) is 9.06. The third-order valence-electron chi connectivity index (χ3n) is 3.02. The van der Waals surface area contributed by atoms with Crippen LogP contribution < -0.4 is 11.1 Å². The highest BCUT2D eigenvalue weighted by Crippen LogP contribution is 2.17. The van der Waals surface area contributed by atoms with Crippen LogP contribution in [0.25, 0.3) is 0 Å². The number of carbonyl (C=O) groups excluding carboxylic acids is 1. The van der Waals surface area contributed by atoms with Crippen molar-refractivity contribution in [3.05, 3.63) is 29.8 Å². The highest BCUT2D eigenvalue weighted by Gasteiger charge is 2.13. The standard InChI is InChI=1S/C14H20N2O3/c1-2-10(9-15)7-13(17)16-12-6-4-3-5-11(12)8-14(18)19/h3-6,10H,2,7-9,15H2,1H3,(H,16,17)(H,18,19). The molecule has 0 aliphatic heterocycles. The van der Waals surface area contributed by atoms with Crippen LogP contribution in [0.3, 0.4) is 0 Å². The van der Waals surface area contributed by atoms with Crippen molar-refractivity contribution >= 4 is 17.6 Å². The number of benzene rings is 1. The molecule has 0 saturated heterocycles. The Hall–Kier alpha value is -1.88. The Labute approximate surface area is 112 Å². The van der Waals surface area contributed by atoms with E-state index in [1.54, 1.807) is 24.3 Å². The minimum absolute atomic E-state index is 0.107. The van der Waals surface area contributed by atoms with Crippen molar-refractivity contribution in [2.75, 3.05) is 11.9 Å². The molecule has 0 saturated carbocycles. The maximum absolute atomic E-state index is 11.9. The third-order valence-corrected chi connectivity index (χ3v) is 3.02. The number of nitrogens with two attached hydrogens (primary N) is 1. The monoisotopic (exact) mass is 264 g/mol. The summed E-state index contributed by atoms with van der Waals surface area (Å²) < 4.78 is 0. The molecule has 0 aromatic heterocycles. The lowest BCUT2D eigenvalue weighted by Gasteiger charge is -2.13. The Morgan fingerprint density at radius 3 is 2.63 bits per heavy atom. The van der Waals surface area contributed by atoms with Crippen molar-refractivity contribution in [3.8, 4) is 0 Å². The summed E-state index contributed by atoms with van der Waals surface area (Å²) >= 11 is 0. The van der Waals surface area contributed by atoms with Crippen LogP contribution in [-0.2, 0) is 16.0 Å². The minimum Gasteiger partial charge on any atom is -0.481 e. The largest absolute Gasteiger partial charge is 0.481 e. The summed E-state index contributed by atoms with van der Waals surface area (Å²) in [7, 11) is 0. The molecule has 1 amide bonds. The van der Waals surface area contributed by atoms with Crippen LogP contribution >= 0.6 is 0 Å². The lowest BCUT2D eigenvalue weighted by atomic mass is 10.0. The van der Waals surface area contributed by atoms with Crippen molar-refractivity contribution in [3.63, 3.8) is 0 Å². The molecular formula is C14H20N2O3. The molecule has 1 rings (SSSR count). The normalized spacial score (nSPS) is 11.9. The second kappa shape index (κ2) is 7.53. The zero-order valence-electron chi connectivity index (χ0n) is 11.1. The maximum Gasteiger partial charge on any atom is 0.307 e. The van der Waals surface area contributed by atoms with Crippen LogP contribution in [0.2, 0.25) is 0 Å². The summed E-state index contributed by atoms with van der Waals surface area (Å²) in [6, 6.07) is 6.92. The summed E-state index contributed by atoms with van der Waals surface area (Å²) in [4.78, 5) is 22.6. The van der Waals surface area contributed by atoms with Crippen LogP contribution in [0.4, 0.5) is 5.69 Å². The molecule has 1 unspecified atom stereocenters. The molecule has 5 heteroatoms. The summed E-state index contributed by atoms with van der Waals surface area (Å²) in [6.07, 6.45) is 1.10. The predicted octanol–water partition coefficient (Wildman–Crippen LogP) is 1.63. The molecule has 104 valence electrons. The van der Waals surface area contributed by atoms with E-state index in [1.165, 1.54) is 0 Å². The van der Waals surface area contributed by atoms with E-state index in [9.17, 15) is 9.59 Å². The summed E-state index contributed by atoms with van der Waals surface area (Å²) in [6.45, 7) is 2.46. The van der Waals surface area contributed by atoms with Crippen LogP contribution in [0.1, 0.15) is 25.3 Å². The van der Waals surface area contributed by atoms with Gasteiger partial charge in [-0.15, -0.1) is 0 Å². The van der Waals surface area contributed by atoms with E-state index in [2.05, 4.69) is 5.32 Å². The van der Waals surface area contributed by atoms with E-state index in [1.807, 2.05) is 6.92 Å². The van der Waals surface area contributed by atoms with Gasteiger partial charge in [0.15, 0.2) is 0 Å². The van der Waals surface area contributed by atoms with E-state index >= 15 is 0 Å². The fourth-order valence-electron chi connectivity index (χ4n) is 1.82. The Kier molecular flexibility index (Phi) is 6.02. The predicted molar refractivity (Wildman–Crippen MR) is 73.9 cm³/mol. The van der Waals surface area contributed by atoms with Gasteiger partial charge in [0.05, 0.1) is 6.42 Å². The number of carbonyl (C=O) groups is 2. The van der Waals surface area contributed by atoms with E-state index in [-0.39, 0.29) is 18.2 Å². The highest BCUT2D eigenvalue weighted by atomic mass is 16.4. The smallest absolute Gasteiger partial charge is 0.307 e. The zero-order valence-corrected chi connectivity index (χ0v) is 11.1. The van der Waals surface area contributed by atoms with Gasteiger partial charge in [-0.3, -0.25) is 9.59 Å². The van der Waals surface area contributed by atoms with Crippen LogP contribution in [-0.4, -0.2) is 23.5 Å². The molecule has 0 bridgehead atoms. The van der Waals surface area contributed by atoms with Gasteiger partial charge in [0, 0.05) is 12.1 Å². The van der Waals surface area contributed by atoms with Gasteiger partial charge in [0.25, 0.3) is 0 Å². The van der Waals surface area contributed by atoms with Gasteiger partial charge in [-0.2, -0.15) is 0 Å². The molecule has 1 atom stereocenters. The van der Waals surface area contributed by atoms with Crippen molar-refractivity contribution in [1.29, 1.82) is 0 Å². The first-order valence-electron chi connectivity index (χ1n) is 6.36. The SMILES string of the molecule is CCC(CN)CC(=O)Nc1ccccc1CC(=O)O. The van der Waals surface area contributed by atoms with Gasteiger partial charge >= 0.3 is 5.97 Å². The summed E-state index contributed by atoms with van der Waals surface area (Å²) in [5, 5.41) is 11.6. The van der Waals surface area contributed by atoms with Crippen LogP contribution in [0, 0.1) is 5.92 Å². The molecule has 19 heavy (non-hydrogen) atoms. The summed E-state index contributed by atoms with van der Waals surface area (Å²) in [5.41, 5.74) is 6.72. The molecule has 0 spiro atoms. The Morgan fingerprint density at radius 2 is 2.05 bits per heavy atom. The fraction of sp³-hybridized carbons (Fsp3) is 0.429. The number of carboxylic acids is 1. The summed E-state index contributed by atoms with van der Waals surface area (Å²) in [5.74, 6) is -0.892. The molecule has 0 aliphatic rings. The van der Waals surface area contributed by atoms with Crippen LogP contribution in [0.15, 0.2) is 24.3 Å². The fourth-order valence-corrected chi connectivity index (χ4v) is 1.82. The molecule has 1 aromatic carbocycles. The zero-order chi connectivity index (χ0) is 14.3. The topological polar surface area (TPSA) is 92.4 Å². The first-order valence-corrected chi connectivity index (χ1v) is 6.36. The number of anilines is 1. The molecule has 0 radical (unpaired) electrons. The van der Waals surface area contributed by atoms with Crippen molar-refractivity contribution in [2.45, 2.75) is 26.2 Å². The number of amides is 1. The van der Waals surface area contributed by atoms with Gasteiger partial charge in [-0.05, 0) is 24.1 Å². The van der Waals surface area contributed by atoms with Gasteiger partial charge < -0.3 is 16.2 Å². The van der Waals surface area contributed by atoms with Gasteiger partial charge in [-0.25, -0.2) is 0 Å². The van der Waals surface area contributed by atoms with E-state index in [0.29, 0.717) is 24.2 Å². The second-order valence-electron chi connectivity index (χ2n) is 4.49. The number of nitrogens with one attached hydrogen (secondary N) is 1. The van der Waals surface area contributed by atoms with Crippen molar-refractivity contribution < 1.29 is 14.7 Å². The van der Waals surface area contributed by atoms with E-state index in [0.717, 1.165) is 6.42 Å². The Bertz CT molecular complexity index is 442. The number of hydrogen-bond acceptors (Lipinski definition) is 3. The number of rotatable bonds is 7. The molecule has 5 nitrogen and oxygen atoms in total. The molecule has 1 aromatic rings. The van der Waals surface area contributed by atoms with Crippen molar-refractivity contribution in [2.24, 2.45) is 11.7 Å². The molecule has 0 heterocycles. The lowest BCUT2D eigenvalue weighted by Crippen LogP contribution is -2.22. The van der Waals surface area contributed by atoms with Gasteiger partial charge in [0.1, 0.15) is 0 Å². The van der Waals surface area contributed by atoms with E-state index in [4.69, 9.17) is 10.8 Å². The van der Waals surface area contributed by atoms with Gasteiger partial charge in [-0.1, -0.05) is 31.5 Å². The number of aliphatic carboxylic acids is 1.